The fourth-order valence-electron chi connectivity index (χ4n) is 1.92. The lowest BCUT2D eigenvalue weighted by Crippen LogP contribution is -2.09. The van der Waals surface area contributed by atoms with Crippen molar-refractivity contribution in [3.63, 3.8) is 0 Å². The van der Waals surface area contributed by atoms with Crippen molar-refractivity contribution in [2.24, 2.45) is 0 Å². The summed E-state index contributed by atoms with van der Waals surface area (Å²) in [7, 11) is 0. The van der Waals surface area contributed by atoms with E-state index in [1.165, 1.54) is 0 Å². The van der Waals surface area contributed by atoms with Crippen molar-refractivity contribution in [1.82, 2.24) is 0 Å². The van der Waals surface area contributed by atoms with E-state index in [4.69, 9.17) is 4.74 Å². The van der Waals surface area contributed by atoms with Crippen LogP contribution in [0.25, 0.3) is 0 Å². The van der Waals surface area contributed by atoms with Gasteiger partial charge in [0.25, 0.3) is 0 Å². The number of fused-ring (bicyclic) bond motifs is 1. The minimum atomic E-state index is -0.356. The second kappa shape index (κ2) is 4.00. The van der Waals surface area contributed by atoms with Crippen molar-refractivity contribution in [3.8, 4) is 5.75 Å². The molecule has 3 nitrogen and oxygen atoms in total. The molecule has 16 heavy (non-hydrogen) atoms. The number of rotatable bonds is 2. The lowest BCUT2D eigenvalue weighted by molar-refractivity contribution is -0.144. The van der Waals surface area contributed by atoms with Gasteiger partial charge in [-0.25, -0.2) is 4.79 Å². The van der Waals surface area contributed by atoms with Gasteiger partial charge in [-0.3, -0.25) is 0 Å². The van der Waals surface area contributed by atoms with Crippen LogP contribution in [0.3, 0.4) is 0 Å². The highest BCUT2D eigenvalue weighted by Crippen LogP contribution is 2.36. The third kappa shape index (κ3) is 1.94. The van der Waals surface area contributed by atoms with Crippen LogP contribution in [0, 0.1) is 0 Å². The van der Waals surface area contributed by atoms with Crippen molar-refractivity contribution in [1.29, 1.82) is 0 Å². The molecule has 0 bridgehead atoms. The van der Waals surface area contributed by atoms with Gasteiger partial charge >= 0.3 is 5.97 Å². The van der Waals surface area contributed by atoms with Crippen molar-refractivity contribution >= 4 is 5.97 Å². The predicted molar refractivity (Wildman–Crippen MR) is 60.1 cm³/mol. The minimum absolute atomic E-state index is 0.195. The van der Waals surface area contributed by atoms with E-state index < -0.39 is 0 Å². The molecular weight excluding hydrogens is 204 g/mol. The molecule has 3 heteroatoms. The number of hydrogen-bond acceptors (Lipinski definition) is 3. The zero-order chi connectivity index (χ0) is 11.7. The Balaban J connectivity index is 2.18. The summed E-state index contributed by atoms with van der Waals surface area (Å²) in [4.78, 5) is 11.4. The summed E-state index contributed by atoms with van der Waals surface area (Å²) in [6, 6.07) is 5.16. The van der Waals surface area contributed by atoms with Crippen LogP contribution in [0.4, 0.5) is 0 Å². The van der Waals surface area contributed by atoms with Crippen LogP contribution >= 0.6 is 0 Å². The SMILES string of the molecule is C=C(C)C(=O)OC1CCc2cc(O)ccc21. The van der Waals surface area contributed by atoms with Crippen molar-refractivity contribution in [2.75, 3.05) is 0 Å². The van der Waals surface area contributed by atoms with Gasteiger partial charge in [-0.1, -0.05) is 12.6 Å². The van der Waals surface area contributed by atoms with Crippen LogP contribution in [-0.2, 0) is 16.0 Å². The molecule has 1 aromatic rings. The standard InChI is InChI=1S/C13H14O3/c1-8(2)13(15)16-12-6-3-9-7-10(14)4-5-11(9)12/h4-5,7,12,14H,1,3,6H2,2H3. The van der Waals surface area contributed by atoms with Gasteiger partial charge in [0.1, 0.15) is 11.9 Å². The summed E-state index contributed by atoms with van der Waals surface area (Å²) in [6.07, 6.45) is 1.41. The Morgan fingerprint density at radius 2 is 2.31 bits per heavy atom. The molecule has 1 N–H and O–H groups in total. The molecule has 1 aliphatic carbocycles. The zero-order valence-electron chi connectivity index (χ0n) is 9.19. The Morgan fingerprint density at radius 1 is 1.56 bits per heavy atom. The summed E-state index contributed by atoms with van der Waals surface area (Å²) in [5.41, 5.74) is 2.46. The Bertz CT molecular complexity index is 448. The highest BCUT2D eigenvalue weighted by atomic mass is 16.5. The molecule has 0 heterocycles. The number of aryl methyl sites for hydroxylation is 1. The Kier molecular flexibility index (Phi) is 2.69. The van der Waals surface area contributed by atoms with Gasteiger partial charge < -0.3 is 9.84 Å². The molecular formula is C13H14O3. The quantitative estimate of drug-likeness (QED) is 0.612. The molecule has 84 valence electrons. The summed E-state index contributed by atoms with van der Waals surface area (Å²) in [5, 5.41) is 9.33. The lowest BCUT2D eigenvalue weighted by atomic mass is 10.1. The highest BCUT2D eigenvalue weighted by molar-refractivity contribution is 5.87. The van der Waals surface area contributed by atoms with Gasteiger partial charge in [-0.2, -0.15) is 0 Å². The number of aromatic hydroxyl groups is 1. The Labute approximate surface area is 94.4 Å². The van der Waals surface area contributed by atoms with E-state index in [0.29, 0.717) is 5.57 Å². The first kappa shape index (κ1) is 10.7. The maximum absolute atomic E-state index is 11.4. The van der Waals surface area contributed by atoms with E-state index in [0.717, 1.165) is 24.0 Å². The molecule has 1 aromatic carbocycles. The Morgan fingerprint density at radius 3 is 3.00 bits per heavy atom. The van der Waals surface area contributed by atoms with Crippen molar-refractivity contribution in [2.45, 2.75) is 25.9 Å². The number of carbonyl (C=O) groups is 1. The summed E-state index contributed by atoms with van der Waals surface area (Å²) >= 11 is 0. The van der Waals surface area contributed by atoms with Gasteiger partial charge in [-0.15, -0.1) is 0 Å². The summed E-state index contributed by atoms with van der Waals surface area (Å²) in [5.74, 6) is -0.100. The molecule has 0 fully saturated rings. The molecule has 0 saturated carbocycles. The van der Waals surface area contributed by atoms with Gasteiger partial charge in [-0.05, 0) is 43.0 Å². The van der Waals surface area contributed by atoms with Crippen LogP contribution in [0.5, 0.6) is 5.75 Å². The second-order valence-electron chi connectivity index (χ2n) is 4.10. The third-order valence-corrected chi connectivity index (χ3v) is 2.75. The van der Waals surface area contributed by atoms with E-state index in [1.54, 1.807) is 19.1 Å². The van der Waals surface area contributed by atoms with Gasteiger partial charge in [0.05, 0.1) is 0 Å². The first-order valence-corrected chi connectivity index (χ1v) is 5.26. The van der Waals surface area contributed by atoms with Crippen LogP contribution in [0.2, 0.25) is 0 Å². The van der Waals surface area contributed by atoms with Crippen LogP contribution in [0.1, 0.15) is 30.6 Å². The lowest BCUT2D eigenvalue weighted by Gasteiger charge is -2.13. The highest BCUT2D eigenvalue weighted by Gasteiger charge is 2.26. The normalized spacial score (nSPS) is 17.9. The van der Waals surface area contributed by atoms with E-state index in [1.807, 2.05) is 6.07 Å². The number of carbonyl (C=O) groups excluding carboxylic acids is 1. The molecule has 2 rings (SSSR count). The maximum atomic E-state index is 11.4. The van der Waals surface area contributed by atoms with E-state index in [9.17, 15) is 9.90 Å². The molecule has 1 aliphatic rings. The van der Waals surface area contributed by atoms with Gasteiger partial charge in [0.2, 0.25) is 0 Å². The second-order valence-corrected chi connectivity index (χ2v) is 4.10. The van der Waals surface area contributed by atoms with Crippen molar-refractivity contribution < 1.29 is 14.6 Å². The van der Waals surface area contributed by atoms with Crippen LogP contribution in [-0.4, -0.2) is 11.1 Å². The number of ether oxygens (including phenoxy) is 1. The fourth-order valence-corrected chi connectivity index (χ4v) is 1.92. The molecule has 0 spiro atoms. The topological polar surface area (TPSA) is 46.5 Å². The average Bonchev–Trinajstić information content (AvgIpc) is 2.60. The maximum Gasteiger partial charge on any atom is 0.333 e. The molecule has 0 amide bonds. The minimum Gasteiger partial charge on any atom is -0.508 e. The third-order valence-electron chi connectivity index (χ3n) is 2.75. The number of hydrogen-bond donors (Lipinski definition) is 1. The molecule has 1 atom stereocenters. The van der Waals surface area contributed by atoms with Crippen LogP contribution < -0.4 is 0 Å². The molecule has 0 aromatic heterocycles. The van der Waals surface area contributed by atoms with E-state index in [-0.39, 0.29) is 17.8 Å². The number of benzene rings is 1. The first-order valence-electron chi connectivity index (χ1n) is 5.26. The average molecular weight is 218 g/mol. The van der Waals surface area contributed by atoms with Gasteiger partial charge in [0, 0.05) is 5.57 Å². The van der Waals surface area contributed by atoms with E-state index in [2.05, 4.69) is 6.58 Å². The first-order chi connectivity index (χ1) is 7.58. The fraction of sp³-hybridized carbons (Fsp3) is 0.308. The Hall–Kier alpha value is -1.77. The molecule has 1 unspecified atom stereocenters. The zero-order valence-corrected chi connectivity index (χ0v) is 9.19. The summed E-state index contributed by atoms with van der Waals surface area (Å²) < 4.78 is 5.32. The molecule has 0 aliphatic heterocycles. The monoisotopic (exact) mass is 218 g/mol. The number of esters is 1. The van der Waals surface area contributed by atoms with Crippen molar-refractivity contribution in [3.05, 3.63) is 41.5 Å². The predicted octanol–water partition coefficient (Wildman–Crippen LogP) is 2.50. The largest absolute Gasteiger partial charge is 0.508 e. The van der Waals surface area contributed by atoms with Gasteiger partial charge in [0.15, 0.2) is 0 Å². The molecule has 0 radical (unpaired) electrons. The van der Waals surface area contributed by atoms with Crippen LogP contribution in [0.15, 0.2) is 30.4 Å². The smallest absolute Gasteiger partial charge is 0.333 e. The van der Waals surface area contributed by atoms with E-state index >= 15 is 0 Å². The number of phenols is 1. The summed E-state index contributed by atoms with van der Waals surface area (Å²) in [6.45, 7) is 5.19. The number of phenolic OH excluding ortho intramolecular Hbond substituents is 1. The molecule has 0 saturated heterocycles.